The number of halogens is 1. The van der Waals surface area contributed by atoms with E-state index >= 15 is 0 Å². The fourth-order valence-electron chi connectivity index (χ4n) is 2.02. The van der Waals surface area contributed by atoms with Crippen LogP contribution in [0.5, 0.6) is 0 Å². The van der Waals surface area contributed by atoms with E-state index in [1.807, 2.05) is 0 Å². The number of hydrogen-bond donors (Lipinski definition) is 1. The molecular formula is C11H15FN2O4S2. The standard InChI is InChI=1S/C11H15FN2O4S2/c1-19(15,16)9-2-3-10(12)11(6-9)20(17,18)14-5-4-8(13)7-14/h2-3,6,8H,4-5,7,13H2,1H3. The Balaban J connectivity index is 2.52. The molecule has 1 fully saturated rings. The number of rotatable bonds is 3. The van der Waals surface area contributed by atoms with Gasteiger partial charge in [0.25, 0.3) is 0 Å². The van der Waals surface area contributed by atoms with Crippen molar-refractivity contribution in [2.45, 2.75) is 22.3 Å². The molecule has 0 aliphatic carbocycles. The molecule has 1 aliphatic heterocycles. The van der Waals surface area contributed by atoms with Crippen molar-refractivity contribution >= 4 is 19.9 Å². The third-order valence-electron chi connectivity index (χ3n) is 3.14. The van der Waals surface area contributed by atoms with Gasteiger partial charge < -0.3 is 5.73 Å². The van der Waals surface area contributed by atoms with Crippen molar-refractivity contribution in [1.82, 2.24) is 4.31 Å². The van der Waals surface area contributed by atoms with Crippen molar-refractivity contribution in [2.75, 3.05) is 19.3 Å². The zero-order chi connectivity index (χ0) is 15.1. The van der Waals surface area contributed by atoms with Crippen LogP contribution in [0.15, 0.2) is 28.0 Å². The molecule has 2 N–H and O–H groups in total. The van der Waals surface area contributed by atoms with Gasteiger partial charge in [-0.15, -0.1) is 0 Å². The Bertz CT molecular complexity index is 731. The van der Waals surface area contributed by atoms with E-state index in [0.29, 0.717) is 6.42 Å². The minimum absolute atomic E-state index is 0.102. The minimum atomic E-state index is -4.07. The molecule has 0 amide bonds. The fourth-order valence-corrected chi connectivity index (χ4v) is 4.35. The molecule has 0 bridgehead atoms. The maximum absolute atomic E-state index is 13.8. The van der Waals surface area contributed by atoms with Gasteiger partial charge >= 0.3 is 0 Å². The van der Waals surface area contributed by atoms with Gasteiger partial charge in [0.2, 0.25) is 10.0 Å². The number of sulfonamides is 1. The molecule has 1 aromatic carbocycles. The van der Waals surface area contributed by atoms with Crippen molar-refractivity contribution in [2.24, 2.45) is 5.73 Å². The third kappa shape index (κ3) is 2.85. The Kier molecular flexibility index (Phi) is 3.89. The molecule has 1 unspecified atom stereocenters. The summed E-state index contributed by atoms with van der Waals surface area (Å²) >= 11 is 0. The van der Waals surface area contributed by atoms with E-state index in [9.17, 15) is 21.2 Å². The van der Waals surface area contributed by atoms with E-state index in [1.165, 1.54) is 0 Å². The van der Waals surface area contributed by atoms with Crippen LogP contribution >= 0.6 is 0 Å². The summed E-state index contributed by atoms with van der Waals surface area (Å²) in [4.78, 5) is -0.865. The molecule has 1 heterocycles. The highest BCUT2D eigenvalue weighted by Crippen LogP contribution is 2.25. The van der Waals surface area contributed by atoms with E-state index in [2.05, 4.69) is 0 Å². The zero-order valence-electron chi connectivity index (χ0n) is 10.8. The maximum Gasteiger partial charge on any atom is 0.246 e. The number of benzene rings is 1. The SMILES string of the molecule is CS(=O)(=O)c1ccc(F)c(S(=O)(=O)N2CCC(N)C2)c1. The molecule has 1 atom stereocenters. The quantitative estimate of drug-likeness (QED) is 0.787. The number of nitrogens with zero attached hydrogens (tertiary/aromatic N) is 1. The second-order valence-electron chi connectivity index (χ2n) is 4.78. The Morgan fingerprint density at radius 1 is 1.30 bits per heavy atom. The van der Waals surface area contributed by atoms with Gasteiger partial charge in [-0.25, -0.2) is 21.2 Å². The van der Waals surface area contributed by atoms with E-state index in [4.69, 9.17) is 5.73 Å². The second kappa shape index (κ2) is 5.06. The monoisotopic (exact) mass is 322 g/mol. The highest BCUT2D eigenvalue weighted by molar-refractivity contribution is 7.91. The van der Waals surface area contributed by atoms with Gasteiger partial charge in [0.15, 0.2) is 9.84 Å². The van der Waals surface area contributed by atoms with Crippen LogP contribution in [-0.4, -0.2) is 46.5 Å². The minimum Gasteiger partial charge on any atom is -0.326 e. The molecule has 1 saturated heterocycles. The van der Waals surface area contributed by atoms with Gasteiger partial charge in [-0.1, -0.05) is 0 Å². The van der Waals surface area contributed by atoms with E-state index < -0.39 is 30.6 Å². The van der Waals surface area contributed by atoms with Crippen LogP contribution in [0.2, 0.25) is 0 Å². The van der Waals surface area contributed by atoms with Gasteiger partial charge in [-0.2, -0.15) is 4.31 Å². The summed E-state index contributed by atoms with van der Waals surface area (Å²) < 4.78 is 62.4. The van der Waals surface area contributed by atoms with Gasteiger partial charge in [0, 0.05) is 25.4 Å². The molecule has 20 heavy (non-hydrogen) atoms. The molecule has 0 aromatic heterocycles. The van der Waals surface area contributed by atoms with Crippen LogP contribution < -0.4 is 5.73 Å². The molecule has 0 spiro atoms. The average molecular weight is 322 g/mol. The summed E-state index contributed by atoms with van der Waals surface area (Å²) in [5.41, 5.74) is 5.64. The van der Waals surface area contributed by atoms with Gasteiger partial charge in [0.05, 0.1) is 4.90 Å². The lowest BCUT2D eigenvalue weighted by atomic mass is 10.3. The van der Waals surface area contributed by atoms with Crippen LogP contribution in [0, 0.1) is 5.82 Å². The molecule has 112 valence electrons. The fraction of sp³-hybridized carbons (Fsp3) is 0.455. The Morgan fingerprint density at radius 2 is 1.95 bits per heavy atom. The first-order valence-corrected chi connectivity index (χ1v) is 9.21. The molecule has 0 saturated carbocycles. The Morgan fingerprint density at radius 3 is 2.45 bits per heavy atom. The predicted octanol–water partition coefficient (Wildman–Crippen LogP) is -0.0491. The highest BCUT2D eigenvalue weighted by atomic mass is 32.2. The summed E-state index contributed by atoms with van der Waals surface area (Å²) in [6.45, 7) is 0.302. The number of nitrogens with two attached hydrogens (primary N) is 1. The van der Waals surface area contributed by atoms with Crippen molar-refractivity contribution < 1.29 is 21.2 Å². The topological polar surface area (TPSA) is 97.5 Å². The molecule has 1 aliphatic rings. The highest BCUT2D eigenvalue weighted by Gasteiger charge is 2.33. The first kappa shape index (κ1) is 15.4. The average Bonchev–Trinajstić information content (AvgIpc) is 2.75. The Hall–Kier alpha value is -1.03. The molecular weight excluding hydrogens is 307 g/mol. The lowest BCUT2D eigenvalue weighted by molar-refractivity contribution is 0.465. The second-order valence-corrected chi connectivity index (χ2v) is 8.70. The van der Waals surface area contributed by atoms with Gasteiger partial charge in [0.1, 0.15) is 10.7 Å². The van der Waals surface area contributed by atoms with Crippen molar-refractivity contribution in [1.29, 1.82) is 0 Å². The zero-order valence-corrected chi connectivity index (χ0v) is 12.4. The van der Waals surface area contributed by atoms with Crippen LogP contribution in [-0.2, 0) is 19.9 Å². The summed E-state index contributed by atoms with van der Waals surface area (Å²) in [7, 11) is -7.68. The van der Waals surface area contributed by atoms with Crippen molar-refractivity contribution in [3.8, 4) is 0 Å². The molecule has 2 rings (SSSR count). The lowest BCUT2D eigenvalue weighted by Gasteiger charge is -2.16. The van der Waals surface area contributed by atoms with Crippen LogP contribution in [0.3, 0.4) is 0 Å². The predicted molar refractivity (Wildman–Crippen MR) is 70.9 cm³/mol. The van der Waals surface area contributed by atoms with E-state index in [-0.39, 0.29) is 24.0 Å². The molecule has 1 aromatic rings. The molecule has 9 heteroatoms. The lowest BCUT2D eigenvalue weighted by Crippen LogP contribution is -2.32. The van der Waals surface area contributed by atoms with Gasteiger partial charge in [-0.3, -0.25) is 0 Å². The third-order valence-corrected chi connectivity index (χ3v) is 6.13. The number of hydrogen-bond acceptors (Lipinski definition) is 5. The van der Waals surface area contributed by atoms with E-state index in [0.717, 1.165) is 28.8 Å². The van der Waals surface area contributed by atoms with Crippen LogP contribution in [0.1, 0.15) is 6.42 Å². The normalized spacial score (nSPS) is 21.2. The summed E-state index contributed by atoms with van der Waals surface area (Å²) in [6.07, 6.45) is 1.43. The summed E-state index contributed by atoms with van der Waals surface area (Å²) in [5, 5.41) is 0. The first-order valence-electron chi connectivity index (χ1n) is 5.88. The maximum atomic E-state index is 13.8. The summed E-state index contributed by atoms with van der Waals surface area (Å²) in [6, 6.07) is 2.45. The van der Waals surface area contributed by atoms with Crippen LogP contribution in [0.4, 0.5) is 4.39 Å². The van der Waals surface area contributed by atoms with Crippen molar-refractivity contribution in [3.05, 3.63) is 24.0 Å². The summed E-state index contributed by atoms with van der Waals surface area (Å²) in [5.74, 6) is -0.974. The van der Waals surface area contributed by atoms with Crippen molar-refractivity contribution in [3.63, 3.8) is 0 Å². The molecule has 6 nitrogen and oxygen atoms in total. The van der Waals surface area contributed by atoms with E-state index in [1.54, 1.807) is 0 Å². The van der Waals surface area contributed by atoms with Crippen LogP contribution in [0.25, 0.3) is 0 Å². The molecule has 0 radical (unpaired) electrons. The smallest absolute Gasteiger partial charge is 0.246 e. The largest absolute Gasteiger partial charge is 0.326 e. The Labute approximate surface area is 117 Å². The van der Waals surface area contributed by atoms with Gasteiger partial charge in [-0.05, 0) is 24.6 Å². The number of sulfone groups is 1. The first-order chi connectivity index (χ1) is 9.12.